The topological polar surface area (TPSA) is 78.0 Å². The largest absolute Gasteiger partial charge is 0.335 e. The summed E-state index contributed by atoms with van der Waals surface area (Å²) in [5.74, 6) is 0.532. The smallest absolute Gasteiger partial charge is 0.330 e. The number of imidazole rings is 1. The van der Waals surface area contributed by atoms with E-state index < -0.39 is 0 Å². The first-order valence-corrected chi connectivity index (χ1v) is 10.4. The average molecular weight is 394 g/mol. The third-order valence-corrected chi connectivity index (χ3v) is 6.24. The number of amides is 1. The van der Waals surface area contributed by atoms with Gasteiger partial charge in [-0.25, -0.2) is 9.78 Å². The number of hydrogen-bond donors (Lipinski definition) is 0. The maximum atomic E-state index is 13.3. The lowest BCUT2D eigenvalue weighted by Gasteiger charge is -2.32. The SMILES string of the molecule is Cc1cc(C(=O)N2CCC[C@H](n3c(=O)n(CC4CC4)c4cccnc43)C2)nn1C. The predicted molar refractivity (Wildman–Crippen MR) is 109 cm³/mol. The molecule has 4 heterocycles. The van der Waals surface area contributed by atoms with E-state index in [9.17, 15) is 9.59 Å². The van der Waals surface area contributed by atoms with Gasteiger partial charge in [-0.3, -0.25) is 18.6 Å². The fourth-order valence-electron chi connectivity index (χ4n) is 4.35. The lowest BCUT2D eigenvalue weighted by Crippen LogP contribution is -2.43. The van der Waals surface area contributed by atoms with E-state index in [0.29, 0.717) is 24.7 Å². The minimum Gasteiger partial charge on any atom is -0.335 e. The molecule has 1 saturated heterocycles. The van der Waals surface area contributed by atoms with Crippen LogP contribution in [0.25, 0.3) is 11.2 Å². The minimum absolute atomic E-state index is 0.00132. The highest BCUT2D eigenvalue weighted by Gasteiger charge is 2.31. The Balaban J connectivity index is 1.48. The van der Waals surface area contributed by atoms with Crippen molar-refractivity contribution in [3.8, 4) is 0 Å². The van der Waals surface area contributed by atoms with Gasteiger partial charge in [0.1, 0.15) is 0 Å². The molecule has 0 spiro atoms. The summed E-state index contributed by atoms with van der Waals surface area (Å²) in [4.78, 5) is 32.7. The number of fused-ring (bicyclic) bond motifs is 1. The van der Waals surface area contributed by atoms with E-state index in [2.05, 4.69) is 10.1 Å². The molecule has 0 radical (unpaired) electrons. The summed E-state index contributed by atoms with van der Waals surface area (Å²) < 4.78 is 5.41. The molecule has 0 bridgehead atoms. The molecule has 152 valence electrons. The van der Waals surface area contributed by atoms with Crippen LogP contribution in [-0.2, 0) is 13.6 Å². The van der Waals surface area contributed by atoms with Crippen LogP contribution in [0.5, 0.6) is 0 Å². The molecule has 1 atom stereocenters. The third-order valence-electron chi connectivity index (χ3n) is 6.24. The molecule has 0 unspecified atom stereocenters. The lowest BCUT2D eigenvalue weighted by molar-refractivity contribution is 0.0672. The summed E-state index contributed by atoms with van der Waals surface area (Å²) in [7, 11) is 1.84. The Kier molecular flexibility index (Phi) is 4.29. The van der Waals surface area contributed by atoms with E-state index in [1.54, 1.807) is 10.9 Å². The van der Waals surface area contributed by atoms with Crippen LogP contribution in [0, 0.1) is 12.8 Å². The molecule has 8 heteroatoms. The van der Waals surface area contributed by atoms with Crippen molar-refractivity contribution in [2.75, 3.05) is 13.1 Å². The molecule has 3 aromatic rings. The Bertz CT molecular complexity index is 1120. The van der Waals surface area contributed by atoms with E-state index in [1.165, 1.54) is 12.8 Å². The standard InChI is InChI=1S/C21H26N6O2/c1-14-11-17(23-24(14)2)20(28)25-10-4-5-16(13-25)27-19-18(6-3-9-22-19)26(21(27)29)12-15-7-8-15/h3,6,9,11,15-16H,4-5,7-8,10,12-13H2,1-2H3/t16-/m0/s1. The number of aryl methyl sites for hydroxylation is 2. The van der Waals surface area contributed by atoms with Crippen molar-refractivity contribution in [2.24, 2.45) is 13.0 Å². The van der Waals surface area contributed by atoms with Crippen molar-refractivity contribution in [2.45, 2.75) is 45.2 Å². The van der Waals surface area contributed by atoms with Gasteiger partial charge in [-0.2, -0.15) is 5.10 Å². The summed E-state index contributed by atoms with van der Waals surface area (Å²) in [6.07, 6.45) is 5.84. The second-order valence-corrected chi connectivity index (χ2v) is 8.39. The number of pyridine rings is 1. The highest BCUT2D eigenvalue weighted by molar-refractivity contribution is 5.92. The summed E-state index contributed by atoms with van der Waals surface area (Å²) in [5, 5.41) is 4.33. The van der Waals surface area contributed by atoms with Gasteiger partial charge >= 0.3 is 5.69 Å². The number of aromatic nitrogens is 5. The minimum atomic E-state index is -0.0684. The number of nitrogens with zero attached hydrogens (tertiary/aromatic N) is 6. The number of rotatable bonds is 4. The normalized spacial score (nSPS) is 19.8. The lowest BCUT2D eigenvalue weighted by atomic mass is 10.0. The molecule has 0 N–H and O–H groups in total. The molecule has 1 aliphatic heterocycles. The number of likely N-dealkylation sites (tertiary alicyclic amines) is 1. The number of carbonyl (C=O) groups is 1. The van der Waals surface area contributed by atoms with Gasteiger partial charge in [-0.05, 0) is 56.7 Å². The summed E-state index contributed by atoms with van der Waals surface area (Å²) >= 11 is 0. The highest BCUT2D eigenvalue weighted by atomic mass is 16.2. The summed E-state index contributed by atoms with van der Waals surface area (Å²) in [5.41, 5.74) is 3.04. The van der Waals surface area contributed by atoms with Gasteiger partial charge in [0.05, 0.1) is 11.6 Å². The first-order chi connectivity index (χ1) is 14.0. The zero-order valence-corrected chi connectivity index (χ0v) is 16.9. The Morgan fingerprint density at radius 1 is 1.28 bits per heavy atom. The second-order valence-electron chi connectivity index (χ2n) is 8.39. The van der Waals surface area contributed by atoms with E-state index in [4.69, 9.17) is 0 Å². The van der Waals surface area contributed by atoms with Crippen molar-refractivity contribution in [1.82, 2.24) is 28.8 Å². The van der Waals surface area contributed by atoms with Gasteiger partial charge in [-0.15, -0.1) is 0 Å². The molecule has 1 amide bonds. The van der Waals surface area contributed by atoms with Crippen molar-refractivity contribution in [1.29, 1.82) is 0 Å². The van der Waals surface area contributed by atoms with Crippen LogP contribution in [0.1, 0.15) is 47.9 Å². The average Bonchev–Trinajstić information content (AvgIpc) is 3.43. The first kappa shape index (κ1) is 18.1. The number of piperidine rings is 1. The van der Waals surface area contributed by atoms with Crippen molar-refractivity contribution < 1.29 is 4.79 Å². The Hall–Kier alpha value is -2.90. The predicted octanol–water partition coefficient (Wildman–Crippen LogP) is 2.13. The van der Waals surface area contributed by atoms with Crippen molar-refractivity contribution >= 4 is 17.1 Å². The van der Waals surface area contributed by atoms with Crippen LogP contribution in [-0.4, -0.2) is 47.8 Å². The Morgan fingerprint density at radius 2 is 2.10 bits per heavy atom. The fourth-order valence-corrected chi connectivity index (χ4v) is 4.35. The number of carbonyl (C=O) groups excluding carboxylic acids is 1. The highest BCUT2D eigenvalue weighted by Crippen LogP contribution is 2.32. The van der Waals surface area contributed by atoms with Gasteiger partial charge in [0.15, 0.2) is 11.3 Å². The van der Waals surface area contributed by atoms with E-state index in [0.717, 1.165) is 36.2 Å². The second kappa shape index (κ2) is 6.86. The molecule has 0 aromatic carbocycles. The van der Waals surface area contributed by atoms with Gasteiger partial charge in [0.25, 0.3) is 5.91 Å². The zero-order valence-electron chi connectivity index (χ0n) is 16.9. The van der Waals surface area contributed by atoms with Gasteiger partial charge in [-0.1, -0.05) is 0 Å². The van der Waals surface area contributed by atoms with E-state index in [1.807, 2.05) is 46.2 Å². The summed E-state index contributed by atoms with van der Waals surface area (Å²) in [6.45, 7) is 3.89. The molecular weight excluding hydrogens is 368 g/mol. The third kappa shape index (κ3) is 3.16. The van der Waals surface area contributed by atoms with Gasteiger partial charge in [0, 0.05) is 38.6 Å². The molecule has 3 aromatic heterocycles. The molecule has 29 heavy (non-hydrogen) atoms. The Labute approximate surface area is 168 Å². The maximum Gasteiger partial charge on any atom is 0.330 e. The summed E-state index contributed by atoms with van der Waals surface area (Å²) in [6, 6.07) is 5.62. The monoisotopic (exact) mass is 394 g/mol. The number of hydrogen-bond acceptors (Lipinski definition) is 4. The van der Waals surface area contributed by atoms with Crippen LogP contribution in [0.15, 0.2) is 29.2 Å². The van der Waals surface area contributed by atoms with E-state index >= 15 is 0 Å². The van der Waals surface area contributed by atoms with Crippen LogP contribution < -0.4 is 5.69 Å². The van der Waals surface area contributed by atoms with Crippen LogP contribution in [0.2, 0.25) is 0 Å². The zero-order chi connectivity index (χ0) is 20.1. The molecule has 5 rings (SSSR count). The molecule has 2 aliphatic rings. The fraction of sp³-hybridized carbons (Fsp3) is 0.524. The molecule has 1 aliphatic carbocycles. The van der Waals surface area contributed by atoms with Gasteiger partial charge in [0.2, 0.25) is 0 Å². The molecule has 1 saturated carbocycles. The van der Waals surface area contributed by atoms with Crippen LogP contribution in [0.4, 0.5) is 0 Å². The Morgan fingerprint density at radius 3 is 2.83 bits per heavy atom. The van der Waals surface area contributed by atoms with Gasteiger partial charge < -0.3 is 4.90 Å². The van der Waals surface area contributed by atoms with E-state index in [-0.39, 0.29) is 17.6 Å². The van der Waals surface area contributed by atoms with Crippen molar-refractivity contribution in [3.05, 3.63) is 46.3 Å². The maximum absolute atomic E-state index is 13.3. The van der Waals surface area contributed by atoms with Crippen LogP contribution in [0.3, 0.4) is 0 Å². The molecule has 8 nitrogen and oxygen atoms in total. The van der Waals surface area contributed by atoms with Crippen LogP contribution >= 0.6 is 0 Å². The molecule has 2 fully saturated rings. The quantitative estimate of drug-likeness (QED) is 0.679. The first-order valence-electron chi connectivity index (χ1n) is 10.4. The molecular formula is C21H26N6O2. The van der Waals surface area contributed by atoms with Crippen molar-refractivity contribution in [3.63, 3.8) is 0 Å².